The van der Waals surface area contributed by atoms with Crippen LogP contribution in [0.2, 0.25) is 0 Å². The fourth-order valence-corrected chi connectivity index (χ4v) is 5.08. The fourth-order valence-electron chi connectivity index (χ4n) is 4.02. The van der Waals surface area contributed by atoms with Gasteiger partial charge in [0.15, 0.2) is 11.5 Å². The maximum absolute atomic E-state index is 13.8. The number of rotatable bonds is 10. The monoisotopic (exact) mass is 531 g/mol. The molecule has 1 atom stereocenters. The van der Waals surface area contributed by atoms with E-state index in [4.69, 9.17) is 9.47 Å². The van der Waals surface area contributed by atoms with E-state index in [0.717, 1.165) is 15.4 Å². The molecule has 0 saturated heterocycles. The molecule has 9 nitrogen and oxygen atoms in total. The number of fused-ring (bicyclic) bond motifs is 1. The summed E-state index contributed by atoms with van der Waals surface area (Å²) in [7, 11) is -3.83. The molecule has 1 aliphatic heterocycles. The third-order valence-electron chi connectivity index (χ3n) is 5.98. The summed E-state index contributed by atoms with van der Waals surface area (Å²) in [6.07, 6.45) is 0.365. The zero-order valence-corrected chi connectivity index (χ0v) is 23.2. The number of anilines is 1. The molecule has 0 aromatic heterocycles. The fraction of sp³-hybridized carbons (Fsp3) is 0.481. The molecule has 0 bridgehead atoms. The third kappa shape index (κ3) is 7.15. The Labute approximate surface area is 219 Å². The molecular weight excluding hydrogens is 494 g/mol. The van der Waals surface area contributed by atoms with Crippen LogP contribution in [0.5, 0.6) is 11.5 Å². The zero-order chi connectivity index (χ0) is 27.4. The third-order valence-corrected chi connectivity index (χ3v) is 7.72. The van der Waals surface area contributed by atoms with Crippen molar-refractivity contribution in [1.82, 2.24) is 10.2 Å². The topological polar surface area (TPSA) is 105 Å². The second-order valence-corrected chi connectivity index (χ2v) is 12.3. The van der Waals surface area contributed by atoms with Gasteiger partial charge in [0.25, 0.3) is 0 Å². The molecule has 37 heavy (non-hydrogen) atoms. The van der Waals surface area contributed by atoms with Crippen LogP contribution in [0, 0.1) is 6.92 Å². The smallest absolute Gasteiger partial charge is 0.244 e. The maximum atomic E-state index is 13.8. The maximum Gasteiger partial charge on any atom is 0.244 e. The lowest BCUT2D eigenvalue weighted by atomic mass is 10.1. The van der Waals surface area contributed by atoms with Crippen LogP contribution >= 0.6 is 0 Å². The van der Waals surface area contributed by atoms with Gasteiger partial charge in [0.2, 0.25) is 28.6 Å². The number of carbonyl (C=O) groups is 2. The van der Waals surface area contributed by atoms with Crippen molar-refractivity contribution in [3.8, 4) is 11.5 Å². The summed E-state index contributed by atoms with van der Waals surface area (Å²) in [6, 6.07) is 11.7. The normalized spacial score (nSPS) is 13.7. The molecule has 0 spiro atoms. The summed E-state index contributed by atoms with van der Waals surface area (Å²) >= 11 is 0. The van der Waals surface area contributed by atoms with E-state index in [-0.39, 0.29) is 25.0 Å². The zero-order valence-electron chi connectivity index (χ0n) is 22.4. The number of hydrogen-bond donors (Lipinski definition) is 1. The molecule has 1 heterocycles. The second-order valence-electron chi connectivity index (χ2n) is 10.1. The molecule has 0 aliphatic carbocycles. The van der Waals surface area contributed by atoms with Crippen molar-refractivity contribution < 1.29 is 27.5 Å². The van der Waals surface area contributed by atoms with Gasteiger partial charge < -0.3 is 19.7 Å². The number of amides is 2. The molecule has 1 N–H and O–H groups in total. The van der Waals surface area contributed by atoms with E-state index < -0.39 is 34.1 Å². The average molecular weight is 532 g/mol. The van der Waals surface area contributed by atoms with Gasteiger partial charge in [-0.05, 0) is 58.7 Å². The molecule has 10 heteroatoms. The Morgan fingerprint density at radius 2 is 1.68 bits per heavy atom. The van der Waals surface area contributed by atoms with E-state index in [1.165, 1.54) is 11.8 Å². The number of ether oxygens (including phenoxy) is 2. The minimum atomic E-state index is -3.83. The quantitative estimate of drug-likeness (QED) is 0.502. The number of nitrogens with zero attached hydrogens (tertiary/aromatic N) is 2. The van der Waals surface area contributed by atoms with Gasteiger partial charge >= 0.3 is 0 Å². The summed E-state index contributed by atoms with van der Waals surface area (Å²) in [6.45, 7) is 10.7. The van der Waals surface area contributed by atoms with Crippen molar-refractivity contribution >= 4 is 27.5 Å². The Balaban J connectivity index is 1.98. The van der Waals surface area contributed by atoms with E-state index >= 15 is 0 Å². The van der Waals surface area contributed by atoms with Crippen molar-refractivity contribution in [3.63, 3.8) is 0 Å². The van der Waals surface area contributed by atoms with Crippen LogP contribution < -0.4 is 19.1 Å². The van der Waals surface area contributed by atoms with E-state index in [9.17, 15) is 18.0 Å². The van der Waals surface area contributed by atoms with Crippen molar-refractivity contribution in [2.24, 2.45) is 0 Å². The Kier molecular flexibility index (Phi) is 8.73. The second kappa shape index (κ2) is 11.4. The number of hydrogen-bond acceptors (Lipinski definition) is 6. The Hall–Kier alpha value is -3.27. The molecule has 1 unspecified atom stereocenters. The predicted molar refractivity (Wildman–Crippen MR) is 143 cm³/mol. The summed E-state index contributed by atoms with van der Waals surface area (Å²) in [4.78, 5) is 28.6. The molecule has 0 radical (unpaired) electrons. The van der Waals surface area contributed by atoms with Gasteiger partial charge in [-0.25, -0.2) is 8.42 Å². The lowest BCUT2D eigenvalue weighted by Gasteiger charge is -2.34. The molecule has 0 saturated carbocycles. The van der Waals surface area contributed by atoms with Crippen LogP contribution in [0.1, 0.15) is 52.2 Å². The van der Waals surface area contributed by atoms with Crippen molar-refractivity contribution in [3.05, 3.63) is 53.6 Å². The van der Waals surface area contributed by atoms with E-state index in [2.05, 4.69) is 5.32 Å². The van der Waals surface area contributed by atoms with Gasteiger partial charge in [-0.15, -0.1) is 0 Å². The van der Waals surface area contributed by atoms with Crippen LogP contribution in [0.3, 0.4) is 0 Å². The number of nitrogens with one attached hydrogen (secondary N) is 1. The molecule has 1 aliphatic rings. The molecule has 2 aromatic rings. The molecule has 202 valence electrons. The van der Waals surface area contributed by atoms with Gasteiger partial charge in [0.05, 0.1) is 11.4 Å². The highest BCUT2D eigenvalue weighted by Gasteiger charge is 2.34. The first-order chi connectivity index (χ1) is 17.3. The van der Waals surface area contributed by atoms with Crippen LogP contribution in [0.25, 0.3) is 0 Å². The number of aryl methyl sites for hydroxylation is 1. The Morgan fingerprint density at radius 3 is 2.27 bits per heavy atom. The SMILES string of the molecule is CCC(C(=O)NC(C)(C)C)N(Cc1ccc(C)cc1)C(=O)CN(c1ccc2c(c1)OCO2)S(=O)(=O)CC. The first kappa shape index (κ1) is 28.3. The first-order valence-corrected chi connectivity index (χ1v) is 14.0. The van der Waals surface area contributed by atoms with Gasteiger partial charge in [-0.2, -0.15) is 0 Å². The van der Waals surface area contributed by atoms with Crippen molar-refractivity contribution in [2.75, 3.05) is 23.4 Å². The van der Waals surface area contributed by atoms with Gasteiger partial charge in [-0.3, -0.25) is 13.9 Å². The van der Waals surface area contributed by atoms with Crippen LogP contribution in [0.4, 0.5) is 5.69 Å². The molecule has 3 rings (SSSR count). The molecule has 0 fully saturated rings. The van der Waals surface area contributed by atoms with Gasteiger partial charge in [-0.1, -0.05) is 36.8 Å². The highest BCUT2D eigenvalue weighted by molar-refractivity contribution is 7.92. The first-order valence-electron chi connectivity index (χ1n) is 12.4. The van der Waals surface area contributed by atoms with Crippen LogP contribution in [-0.4, -0.2) is 55.8 Å². The Bertz CT molecular complexity index is 1220. The lowest BCUT2D eigenvalue weighted by Crippen LogP contribution is -2.55. The lowest BCUT2D eigenvalue weighted by molar-refractivity contribution is -0.141. The van der Waals surface area contributed by atoms with E-state index in [1.54, 1.807) is 18.2 Å². The van der Waals surface area contributed by atoms with E-state index in [1.807, 2.05) is 58.9 Å². The summed E-state index contributed by atoms with van der Waals surface area (Å²) < 4.78 is 38.1. The number of carbonyl (C=O) groups excluding carboxylic acids is 2. The number of sulfonamides is 1. The van der Waals surface area contributed by atoms with Crippen molar-refractivity contribution in [2.45, 2.75) is 66.1 Å². The predicted octanol–water partition coefficient (Wildman–Crippen LogP) is 3.60. The van der Waals surface area contributed by atoms with Gasteiger partial charge in [0.1, 0.15) is 12.6 Å². The standard InChI is InChI=1S/C27H37N3O6S/c1-7-22(26(32)28-27(4,5)6)29(16-20-11-9-19(3)10-12-20)25(31)17-30(37(33,34)8-2)21-13-14-23-24(15-21)36-18-35-23/h9-15,22H,7-8,16-18H2,1-6H3,(H,28,32). The van der Waals surface area contributed by atoms with E-state index in [0.29, 0.717) is 23.6 Å². The summed E-state index contributed by atoms with van der Waals surface area (Å²) in [5.41, 5.74) is 1.71. The number of benzene rings is 2. The summed E-state index contributed by atoms with van der Waals surface area (Å²) in [5, 5.41) is 2.96. The van der Waals surface area contributed by atoms with Crippen molar-refractivity contribution in [1.29, 1.82) is 0 Å². The largest absolute Gasteiger partial charge is 0.454 e. The average Bonchev–Trinajstić information content (AvgIpc) is 3.30. The Morgan fingerprint density at radius 1 is 1.03 bits per heavy atom. The molecular formula is C27H37N3O6S. The van der Waals surface area contributed by atoms with Crippen LogP contribution in [-0.2, 0) is 26.2 Å². The molecule has 2 aromatic carbocycles. The summed E-state index contributed by atoms with van der Waals surface area (Å²) in [5.74, 6) is -0.0489. The van der Waals surface area contributed by atoms with Crippen LogP contribution in [0.15, 0.2) is 42.5 Å². The highest BCUT2D eigenvalue weighted by atomic mass is 32.2. The molecule has 2 amide bonds. The highest BCUT2D eigenvalue weighted by Crippen LogP contribution is 2.36. The minimum absolute atomic E-state index is 0.0453. The minimum Gasteiger partial charge on any atom is -0.454 e. The van der Waals surface area contributed by atoms with Gasteiger partial charge in [0, 0.05) is 18.2 Å².